The summed E-state index contributed by atoms with van der Waals surface area (Å²) in [6, 6.07) is 0. The lowest BCUT2D eigenvalue weighted by Gasteiger charge is -2.19. The summed E-state index contributed by atoms with van der Waals surface area (Å²) in [7, 11) is 0. The van der Waals surface area contributed by atoms with Crippen LogP contribution in [0.25, 0.3) is 0 Å². The molecule has 13 heavy (non-hydrogen) atoms. The van der Waals surface area contributed by atoms with Crippen molar-refractivity contribution in [2.24, 2.45) is 5.92 Å². The van der Waals surface area contributed by atoms with Crippen LogP contribution >= 0.6 is 11.5 Å². The third-order valence-electron chi connectivity index (χ3n) is 3.19. The van der Waals surface area contributed by atoms with Gasteiger partial charge in [-0.2, -0.15) is 4.37 Å². The SMILES string of the molecule is Cc1nsc([C@@H]2CN3CC[C@H]2C3)n1. The minimum atomic E-state index is 0.694. The van der Waals surface area contributed by atoms with E-state index in [9.17, 15) is 0 Å². The Morgan fingerprint density at radius 3 is 2.92 bits per heavy atom. The molecule has 2 fully saturated rings. The molecule has 2 saturated heterocycles. The summed E-state index contributed by atoms with van der Waals surface area (Å²) in [5.74, 6) is 2.50. The molecule has 0 N–H and O–H groups in total. The highest BCUT2D eigenvalue weighted by Gasteiger charge is 2.40. The molecular formula is C9H13N3S. The number of aryl methyl sites for hydroxylation is 1. The first-order valence-electron chi connectivity index (χ1n) is 4.85. The van der Waals surface area contributed by atoms with Crippen molar-refractivity contribution in [1.29, 1.82) is 0 Å². The minimum absolute atomic E-state index is 0.694. The van der Waals surface area contributed by atoms with Crippen molar-refractivity contribution >= 4 is 11.5 Å². The molecule has 1 unspecified atom stereocenters. The van der Waals surface area contributed by atoms with Gasteiger partial charge in [-0.3, -0.25) is 0 Å². The summed E-state index contributed by atoms with van der Waals surface area (Å²) >= 11 is 1.60. The summed E-state index contributed by atoms with van der Waals surface area (Å²) < 4.78 is 4.26. The molecule has 0 aromatic carbocycles. The molecule has 70 valence electrons. The van der Waals surface area contributed by atoms with Crippen LogP contribution in [0.3, 0.4) is 0 Å². The zero-order chi connectivity index (χ0) is 8.84. The molecule has 0 amide bonds. The van der Waals surface area contributed by atoms with Gasteiger partial charge in [0.1, 0.15) is 10.8 Å². The summed E-state index contributed by atoms with van der Waals surface area (Å²) in [5, 5.41) is 1.27. The average molecular weight is 195 g/mol. The predicted octanol–water partition coefficient (Wildman–Crippen LogP) is 1.27. The van der Waals surface area contributed by atoms with E-state index in [4.69, 9.17) is 0 Å². The van der Waals surface area contributed by atoms with Gasteiger partial charge >= 0.3 is 0 Å². The van der Waals surface area contributed by atoms with Crippen molar-refractivity contribution < 1.29 is 0 Å². The second-order valence-electron chi connectivity index (χ2n) is 4.09. The highest BCUT2D eigenvalue weighted by Crippen LogP contribution is 2.39. The maximum atomic E-state index is 4.49. The fraction of sp³-hybridized carbons (Fsp3) is 0.778. The molecule has 3 rings (SSSR count). The number of rotatable bonds is 1. The Balaban J connectivity index is 1.87. The van der Waals surface area contributed by atoms with Crippen LogP contribution in [0.15, 0.2) is 0 Å². The van der Waals surface area contributed by atoms with Gasteiger partial charge in [0.15, 0.2) is 0 Å². The van der Waals surface area contributed by atoms with Gasteiger partial charge < -0.3 is 4.90 Å². The Labute approximate surface area is 82.0 Å². The van der Waals surface area contributed by atoms with Crippen molar-refractivity contribution in [2.75, 3.05) is 19.6 Å². The Morgan fingerprint density at radius 2 is 2.38 bits per heavy atom. The number of fused-ring (bicyclic) bond motifs is 2. The molecule has 0 spiro atoms. The Bertz CT molecular complexity index is 322. The fourth-order valence-electron chi connectivity index (χ4n) is 2.53. The third-order valence-corrected chi connectivity index (χ3v) is 4.13. The zero-order valence-electron chi connectivity index (χ0n) is 7.73. The maximum Gasteiger partial charge on any atom is 0.139 e. The van der Waals surface area contributed by atoms with Crippen molar-refractivity contribution in [2.45, 2.75) is 19.3 Å². The van der Waals surface area contributed by atoms with E-state index in [1.54, 1.807) is 11.5 Å². The summed E-state index contributed by atoms with van der Waals surface area (Å²) in [4.78, 5) is 7.04. The lowest BCUT2D eigenvalue weighted by molar-refractivity contribution is 0.346. The molecule has 1 aromatic heterocycles. The summed E-state index contributed by atoms with van der Waals surface area (Å²) in [6.45, 7) is 5.80. The van der Waals surface area contributed by atoms with Crippen LogP contribution in [0.5, 0.6) is 0 Å². The van der Waals surface area contributed by atoms with E-state index >= 15 is 0 Å². The molecule has 3 atom stereocenters. The normalized spacial score (nSPS) is 37.2. The number of hydrogen-bond donors (Lipinski definition) is 0. The zero-order valence-corrected chi connectivity index (χ0v) is 8.55. The first kappa shape index (κ1) is 7.88. The summed E-state index contributed by atoms with van der Waals surface area (Å²) in [6.07, 6.45) is 1.36. The highest BCUT2D eigenvalue weighted by molar-refractivity contribution is 7.05. The minimum Gasteiger partial charge on any atom is -0.302 e. The molecule has 4 heteroatoms. The van der Waals surface area contributed by atoms with Gasteiger partial charge in [0, 0.05) is 19.0 Å². The van der Waals surface area contributed by atoms with E-state index in [0.717, 1.165) is 11.7 Å². The largest absolute Gasteiger partial charge is 0.302 e. The molecule has 0 saturated carbocycles. The van der Waals surface area contributed by atoms with Gasteiger partial charge in [-0.05, 0) is 37.3 Å². The first-order valence-corrected chi connectivity index (χ1v) is 5.63. The van der Waals surface area contributed by atoms with Crippen molar-refractivity contribution in [3.8, 4) is 0 Å². The van der Waals surface area contributed by atoms with E-state index in [2.05, 4.69) is 14.3 Å². The molecule has 3 heterocycles. The standard InChI is InChI=1S/C9H13N3S/c1-6-10-9(13-11-6)8-5-12-3-2-7(8)4-12/h7-8H,2-5H2,1H3/t7-,8+/m0/s1. The quantitative estimate of drug-likeness (QED) is 0.675. The monoisotopic (exact) mass is 195 g/mol. The van der Waals surface area contributed by atoms with E-state index in [1.165, 1.54) is 31.1 Å². The molecule has 0 radical (unpaired) electrons. The van der Waals surface area contributed by atoms with Gasteiger partial charge in [-0.25, -0.2) is 4.98 Å². The second kappa shape index (κ2) is 2.75. The molecule has 0 aliphatic carbocycles. The van der Waals surface area contributed by atoms with Gasteiger partial charge in [0.05, 0.1) is 0 Å². The number of nitrogens with zero attached hydrogens (tertiary/aromatic N) is 3. The molecular weight excluding hydrogens is 182 g/mol. The van der Waals surface area contributed by atoms with Crippen LogP contribution in [0.4, 0.5) is 0 Å². The van der Waals surface area contributed by atoms with Crippen LogP contribution in [0.1, 0.15) is 23.2 Å². The molecule has 3 nitrogen and oxygen atoms in total. The second-order valence-corrected chi connectivity index (χ2v) is 4.88. The average Bonchev–Trinajstić information content (AvgIpc) is 2.77. The Morgan fingerprint density at radius 1 is 1.46 bits per heavy atom. The van der Waals surface area contributed by atoms with Crippen LogP contribution in [0, 0.1) is 12.8 Å². The van der Waals surface area contributed by atoms with Gasteiger partial charge in [0.25, 0.3) is 0 Å². The van der Waals surface area contributed by atoms with Crippen LogP contribution in [-0.4, -0.2) is 33.9 Å². The van der Waals surface area contributed by atoms with E-state index in [-0.39, 0.29) is 0 Å². The topological polar surface area (TPSA) is 29.0 Å². The van der Waals surface area contributed by atoms with Crippen molar-refractivity contribution in [1.82, 2.24) is 14.3 Å². The van der Waals surface area contributed by atoms with Gasteiger partial charge in [-0.15, -0.1) is 0 Å². The molecule has 2 aliphatic heterocycles. The van der Waals surface area contributed by atoms with E-state index in [1.807, 2.05) is 6.92 Å². The van der Waals surface area contributed by atoms with Crippen LogP contribution in [-0.2, 0) is 0 Å². The highest BCUT2D eigenvalue weighted by atomic mass is 32.1. The Hall–Kier alpha value is -0.480. The van der Waals surface area contributed by atoms with Gasteiger partial charge in [0.2, 0.25) is 0 Å². The molecule has 2 aliphatic rings. The lowest BCUT2D eigenvalue weighted by Crippen LogP contribution is -2.21. The molecule has 2 bridgehead atoms. The van der Waals surface area contributed by atoms with Crippen LogP contribution < -0.4 is 0 Å². The molecule has 1 aromatic rings. The number of hydrogen-bond acceptors (Lipinski definition) is 4. The third kappa shape index (κ3) is 1.20. The van der Waals surface area contributed by atoms with Crippen molar-refractivity contribution in [3.63, 3.8) is 0 Å². The van der Waals surface area contributed by atoms with E-state index < -0.39 is 0 Å². The number of piperidine rings is 1. The summed E-state index contributed by atoms with van der Waals surface area (Å²) in [5.41, 5.74) is 0. The number of aromatic nitrogens is 2. The predicted molar refractivity (Wildman–Crippen MR) is 51.9 cm³/mol. The fourth-order valence-corrected chi connectivity index (χ4v) is 3.37. The van der Waals surface area contributed by atoms with Crippen molar-refractivity contribution in [3.05, 3.63) is 10.8 Å². The first-order chi connectivity index (χ1) is 6.33. The smallest absolute Gasteiger partial charge is 0.139 e. The Kier molecular flexibility index (Phi) is 1.67. The lowest BCUT2D eigenvalue weighted by atomic mass is 9.93. The van der Waals surface area contributed by atoms with Crippen LogP contribution in [0.2, 0.25) is 0 Å². The van der Waals surface area contributed by atoms with E-state index in [0.29, 0.717) is 5.92 Å². The van der Waals surface area contributed by atoms with Gasteiger partial charge in [-0.1, -0.05) is 0 Å². The maximum absolute atomic E-state index is 4.49.